The Kier molecular flexibility index (Phi) is 6.45. The highest BCUT2D eigenvalue weighted by Gasteiger charge is 2.25. The molecule has 0 saturated heterocycles. The second-order valence-corrected chi connectivity index (χ2v) is 7.69. The number of halogens is 1. The monoisotopic (exact) mass is 318 g/mol. The van der Waals surface area contributed by atoms with Crippen LogP contribution < -0.4 is 5.32 Å². The summed E-state index contributed by atoms with van der Waals surface area (Å²) in [6, 6.07) is 7.31. The molecular formula is C14H23ClN2O2S. The molecule has 20 heavy (non-hydrogen) atoms. The Bertz CT molecular complexity index is 532. The van der Waals surface area contributed by atoms with Gasteiger partial charge in [-0.25, -0.2) is 8.42 Å². The maximum absolute atomic E-state index is 12.3. The van der Waals surface area contributed by atoms with Crippen LogP contribution in [0.1, 0.15) is 32.4 Å². The van der Waals surface area contributed by atoms with E-state index in [0.717, 1.165) is 5.56 Å². The molecule has 0 radical (unpaired) electrons. The molecule has 0 aliphatic rings. The van der Waals surface area contributed by atoms with E-state index in [9.17, 15) is 8.42 Å². The quantitative estimate of drug-likeness (QED) is 0.841. The van der Waals surface area contributed by atoms with Crippen molar-refractivity contribution in [1.29, 1.82) is 0 Å². The van der Waals surface area contributed by atoms with E-state index in [-0.39, 0.29) is 17.8 Å². The molecule has 0 heterocycles. The van der Waals surface area contributed by atoms with Gasteiger partial charge in [-0.05, 0) is 18.6 Å². The van der Waals surface area contributed by atoms with Gasteiger partial charge in [0, 0.05) is 30.7 Å². The highest BCUT2D eigenvalue weighted by atomic mass is 35.5. The summed E-state index contributed by atoms with van der Waals surface area (Å²) in [5.41, 5.74) is 0.817. The van der Waals surface area contributed by atoms with Crippen LogP contribution in [0.2, 0.25) is 5.02 Å². The van der Waals surface area contributed by atoms with E-state index in [1.165, 1.54) is 4.31 Å². The Morgan fingerprint density at radius 1 is 1.25 bits per heavy atom. The minimum Gasteiger partial charge on any atom is -0.313 e. The maximum Gasteiger partial charge on any atom is 0.215 e. The third-order valence-electron chi connectivity index (χ3n) is 3.25. The van der Waals surface area contributed by atoms with Gasteiger partial charge >= 0.3 is 0 Å². The van der Waals surface area contributed by atoms with Crippen LogP contribution >= 0.6 is 11.6 Å². The standard InChI is InChI=1S/C14H23ClN2O2S/c1-11(2)16-9-10-20(18,19)17(4)12(3)13-7-5-6-8-14(13)15/h5-8,11-12,16H,9-10H2,1-4H3. The van der Waals surface area contributed by atoms with Crippen LogP contribution in [0.4, 0.5) is 0 Å². The van der Waals surface area contributed by atoms with Crippen LogP contribution in [-0.4, -0.2) is 38.1 Å². The van der Waals surface area contributed by atoms with Crippen molar-refractivity contribution in [2.24, 2.45) is 0 Å². The summed E-state index contributed by atoms with van der Waals surface area (Å²) in [6.45, 7) is 6.26. The lowest BCUT2D eigenvalue weighted by Gasteiger charge is -2.25. The Morgan fingerprint density at radius 3 is 2.40 bits per heavy atom. The number of nitrogens with zero attached hydrogens (tertiary/aromatic N) is 1. The van der Waals surface area contributed by atoms with E-state index < -0.39 is 10.0 Å². The Balaban J connectivity index is 2.78. The molecule has 0 aliphatic carbocycles. The van der Waals surface area contributed by atoms with Crippen LogP contribution in [-0.2, 0) is 10.0 Å². The molecule has 114 valence electrons. The molecular weight excluding hydrogens is 296 g/mol. The maximum atomic E-state index is 12.3. The highest BCUT2D eigenvalue weighted by Crippen LogP contribution is 2.27. The third-order valence-corrected chi connectivity index (χ3v) is 5.51. The molecule has 1 unspecified atom stereocenters. The summed E-state index contributed by atoms with van der Waals surface area (Å²) in [5, 5.41) is 3.70. The van der Waals surface area contributed by atoms with Crippen LogP contribution in [0.25, 0.3) is 0 Å². The summed E-state index contributed by atoms with van der Waals surface area (Å²) in [5.74, 6) is 0.0798. The van der Waals surface area contributed by atoms with Crippen molar-refractivity contribution in [2.45, 2.75) is 32.9 Å². The summed E-state index contributed by atoms with van der Waals surface area (Å²) < 4.78 is 25.9. The highest BCUT2D eigenvalue weighted by molar-refractivity contribution is 7.89. The van der Waals surface area contributed by atoms with E-state index in [1.54, 1.807) is 13.1 Å². The molecule has 1 rings (SSSR count). The lowest BCUT2D eigenvalue weighted by atomic mass is 10.1. The molecule has 0 aliphatic heterocycles. The van der Waals surface area contributed by atoms with Crippen molar-refractivity contribution < 1.29 is 8.42 Å². The lowest BCUT2D eigenvalue weighted by Crippen LogP contribution is -2.37. The van der Waals surface area contributed by atoms with Crippen LogP contribution in [0.5, 0.6) is 0 Å². The number of sulfonamides is 1. The number of benzene rings is 1. The average molecular weight is 319 g/mol. The Labute approximate surface area is 127 Å². The Morgan fingerprint density at radius 2 is 1.85 bits per heavy atom. The fraction of sp³-hybridized carbons (Fsp3) is 0.571. The van der Waals surface area contributed by atoms with Gasteiger partial charge in [-0.1, -0.05) is 43.6 Å². The van der Waals surface area contributed by atoms with Crippen molar-refractivity contribution in [3.05, 3.63) is 34.9 Å². The van der Waals surface area contributed by atoms with Gasteiger partial charge in [-0.3, -0.25) is 0 Å². The minimum absolute atomic E-state index is 0.0798. The zero-order valence-corrected chi connectivity index (χ0v) is 14.0. The first-order valence-electron chi connectivity index (χ1n) is 6.69. The van der Waals surface area contributed by atoms with E-state index in [1.807, 2.05) is 39.0 Å². The van der Waals surface area contributed by atoms with Gasteiger partial charge in [0.2, 0.25) is 10.0 Å². The fourth-order valence-electron chi connectivity index (χ4n) is 1.87. The molecule has 0 aromatic heterocycles. The number of hydrogen-bond donors (Lipinski definition) is 1. The summed E-state index contributed by atoms with van der Waals surface area (Å²) in [4.78, 5) is 0. The molecule has 4 nitrogen and oxygen atoms in total. The molecule has 1 aromatic carbocycles. The van der Waals surface area contributed by atoms with E-state index >= 15 is 0 Å². The molecule has 0 bridgehead atoms. The first-order valence-corrected chi connectivity index (χ1v) is 8.68. The second-order valence-electron chi connectivity index (χ2n) is 5.14. The van der Waals surface area contributed by atoms with Crippen LogP contribution in [0.3, 0.4) is 0 Å². The molecule has 1 atom stereocenters. The molecule has 0 fully saturated rings. The van der Waals surface area contributed by atoms with Gasteiger partial charge in [0.05, 0.1) is 5.75 Å². The van der Waals surface area contributed by atoms with Crippen molar-refractivity contribution in [3.63, 3.8) is 0 Å². The van der Waals surface area contributed by atoms with Gasteiger partial charge in [0.25, 0.3) is 0 Å². The summed E-state index contributed by atoms with van der Waals surface area (Å²) in [7, 11) is -1.71. The lowest BCUT2D eigenvalue weighted by molar-refractivity contribution is 0.397. The van der Waals surface area contributed by atoms with Gasteiger partial charge in [-0.15, -0.1) is 0 Å². The SMILES string of the molecule is CC(C)NCCS(=O)(=O)N(C)C(C)c1ccccc1Cl. The second kappa shape index (κ2) is 7.41. The zero-order valence-electron chi connectivity index (χ0n) is 12.4. The number of hydrogen-bond acceptors (Lipinski definition) is 3. The van der Waals surface area contributed by atoms with Crippen molar-refractivity contribution >= 4 is 21.6 Å². The summed E-state index contributed by atoms with van der Waals surface area (Å²) >= 11 is 6.13. The van der Waals surface area contributed by atoms with Gasteiger partial charge in [0.15, 0.2) is 0 Å². The first-order chi connectivity index (χ1) is 9.25. The molecule has 1 aromatic rings. The van der Waals surface area contributed by atoms with Gasteiger partial charge < -0.3 is 5.32 Å². The smallest absolute Gasteiger partial charge is 0.215 e. The molecule has 6 heteroatoms. The predicted octanol–water partition coefficient (Wildman–Crippen LogP) is 2.66. The molecule has 0 spiro atoms. The largest absolute Gasteiger partial charge is 0.313 e. The molecule has 0 amide bonds. The molecule has 0 saturated carbocycles. The predicted molar refractivity (Wildman–Crippen MR) is 84.6 cm³/mol. The van der Waals surface area contributed by atoms with E-state index in [0.29, 0.717) is 11.6 Å². The van der Waals surface area contributed by atoms with Crippen LogP contribution in [0.15, 0.2) is 24.3 Å². The number of rotatable bonds is 7. The summed E-state index contributed by atoms with van der Waals surface area (Å²) in [6.07, 6.45) is 0. The van der Waals surface area contributed by atoms with Gasteiger partial charge in [-0.2, -0.15) is 4.31 Å². The third kappa shape index (κ3) is 4.74. The average Bonchev–Trinajstić information content (AvgIpc) is 2.37. The van der Waals surface area contributed by atoms with E-state index in [2.05, 4.69) is 5.32 Å². The molecule has 1 N–H and O–H groups in total. The first kappa shape index (κ1) is 17.4. The number of nitrogens with one attached hydrogen (secondary N) is 1. The van der Waals surface area contributed by atoms with Crippen LogP contribution in [0, 0.1) is 0 Å². The van der Waals surface area contributed by atoms with Crippen molar-refractivity contribution in [2.75, 3.05) is 19.3 Å². The normalized spacial score (nSPS) is 13.9. The Hall–Kier alpha value is -0.620. The van der Waals surface area contributed by atoms with Crippen molar-refractivity contribution in [1.82, 2.24) is 9.62 Å². The fourth-order valence-corrected chi connectivity index (χ4v) is 3.42. The van der Waals surface area contributed by atoms with Crippen molar-refractivity contribution in [3.8, 4) is 0 Å². The zero-order chi connectivity index (χ0) is 15.3. The van der Waals surface area contributed by atoms with E-state index in [4.69, 9.17) is 11.6 Å². The van der Waals surface area contributed by atoms with Gasteiger partial charge in [0.1, 0.15) is 0 Å². The minimum atomic E-state index is -3.31. The topological polar surface area (TPSA) is 49.4 Å².